The van der Waals surface area contributed by atoms with Gasteiger partial charge in [0.2, 0.25) is 5.91 Å². The molecule has 8 nitrogen and oxygen atoms in total. The van der Waals surface area contributed by atoms with Crippen LogP contribution in [0.15, 0.2) is 42.5 Å². The summed E-state index contributed by atoms with van der Waals surface area (Å²) in [5.74, 6) is -2.52. The summed E-state index contributed by atoms with van der Waals surface area (Å²) in [5, 5.41) is 10.4. The molecule has 2 aromatic carbocycles. The molecule has 0 saturated carbocycles. The van der Waals surface area contributed by atoms with Gasteiger partial charge in [-0.25, -0.2) is 18.6 Å². The van der Waals surface area contributed by atoms with Crippen LogP contribution in [-0.2, 0) is 16.1 Å². The molecule has 0 spiro atoms. The van der Waals surface area contributed by atoms with E-state index < -0.39 is 18.0 Å². The van der Waals surface area contributed by atoms with Gasteiger partial charge in [0.25, 0.3) is 0 Å². The third-order valence-corrected chi connectivity index (χ3v) is 5.75. The number of carboxylic acid groups (broad SMARTS) is 1. The van der Waals surface area contributed by atoms with Gasteiger partial charge in [0, 0.05) is 24.3 Å². The Kier molecular flexibility index (Phi) is 8.39. The molecule has 37 heavy (non-hydrogen) atoms. The summed E-state index contributed by atoms with van der Waals surface area (Å²) in [5.41, 5.74) is 7.31. The number of nitrogens with zero attached hydrogens (tertiary/aromatic N) is 3. The summed E-state index contributed by atoms with van der Waals surface area (Å²) in [6.45, 7) is 2.75. The summed E-state index contributed by atoms with van der Waals surface area (Å²) in [6, 6.07) is 10.1. The van der Waals surface area contributed by atoms with Crippen LogP contribution in [0.25, 0.3) is 11.3 Å². The van der Waals surface area contributed by atoms with Crippen molar-refractivity contribution in [3.63, 3.8) is 0 Å². The molecule has 1 aliphatic rings. The zero-order valence-electron chi connectivity index (χ0n) is 19.2. The van der Waals surface area contributed by atoms with E-state index in [1.807, 2.05) is 11.5 Å². The van der Waals surface area contributed by atoms with E-state index in [0.717, 1.165) is 0 Å². The first kappa shape index (κ1) is 27.9. The number of imidazole rings is 1. The monoisotopic (exact) mass is 545 g/mol. The van der Waals surface area contributed by atoms with Gasteiger partial charge < -0.3 is 25.6 Å². The van der Waals surface area contributed by atoms with Crippen LogP contribution in [0.2, 0.25) is 5.02 Å². The van der Waals surface area contributed by atoms with E-state index in [4.69, 9.17) is 32.2 Å². The van der Waals surface area contributed by atoms with Gasteiger partial charge in [-0.1, -0.05) is 11.6 Å². The number of anilines is 2. The molecule has 0 bridgehead atoms. The second-order valence-corrected chi connectivity index (χ2v) is 8.26. The molecule has 1 aromatic heterocycles. The minimum atomic E-state index is -5.08. The van der Waals surface area contributed by atoms with Gasteiger partial charge in [-0.2, -0.15) is 13.2 Å². The van der Waals surface area contributed by atoms with E-state index in [2.05, 4.69) is 5.32 Å². The highest BCUT2D eigenvalue weighted by Crippen LogP contribution is 2.37. The maximum atomic E-state index is 14.0. The Bertz CT molecular complexity index is 1300. The quantitative estimate of drug-likeness (QED) is 0.409. The fourth-order valence-corrected chi connectivity index (χ4v) is 3.78. The minimum Gasteiger partial charge on any atom is -0.475 e. The van der Waals surface area contributed by atoms with Crippen molar-refractivity contribution in [1.82, 2.24) is 14.5 Å². The molecule has 3 aromatic rings. The molecule has 14 heteroatoms. The average molecular weight is 546 g/mol. The Morgan fingerprint density at radius 2 is 1.78 bits per heavy atom. The van der Waals surface area contributed by atoms with Crippen LogP contribution in [0, 0.1) is 11.6 Å². The van der Waals surface area contributed by atoms with E-state index in [-0.39, 0.29) is 29.3 Å². The Morgan fingerprint density at radius 1 is 1.16 bits per heavy atom. The number of nitrogens with two attached hydrogens (primary N) is 1. The molecule has 0 radical (unpaired) electrons. The van der Waals surface area contributed by atoms with Crippen LogP contribution in [-0.4, -0.2) is 50.7 Å². The molecule has 4 rings (SSSR count). The molecule has 198 valence electrons. The lowest BCUT2D eigenvalue weighted by molar-refractivity contribution is -0.192. The Hall–Kier alpha value is -3.71. The Morgan fingerprint density at radius 3 is 2.32 bits per heavy atom. The number of rotatable bonds is 4. The number of aromatic nitrogens is 2. The smallest absolute Gasteiger partial charge is 0.475 e. The first-order valence-corrected chi connectivity index (χ1v) is 11.1. The first-order chi connectivity index (χ1) is 17.3. The van der Waals surface area contributed by atoms with Gasteiger partial charge in [-0.05, 0) is 49.4 Å². The van der Waals surface area contributed by atoms with Crippen LogP contribution in [0.1, 0.15) is 18.8 Å². The lowest BCUT2D eigenvalue weighted by Gasteiger charge is -2.34. The predicted molar refractivity (Wildman–Crippen MR) is 125 cm³/mol. The van der Waals surface area contributed by atoms with Gasteiger partial charge in [-0.3, -0.25) is 4.79 Å². The van der Waals surface area contributed by atoms with Crippen LogP contribution in [0.3, 0.4) is 0 Å². The number of carboxylic acids is 1. The zero-order chi connectivity index (χ0) is 27.5. The summed E-state index contributed by atoms with van der Waals surface area (Å²) in [4.78, 5) is 27.5. The van der Waals surface area contributed by atoms with Crippen molar-refractivity contribution in [2.45, 2.75) is 25.7 Å². The molecular formula is C23H21ClF5N5O3. The number of fused-ring (bicyclic) bond motifs is 1. The Balaban J connectivity index is 0.000000479. The lowest BCUT2D eigenvalue weighted by Crippen LogP contribution is -2.44. The van der Waals surface area contributed by atoms with E-state index in [9.17, 15) is 26.7 Å². The molecule has 1 amide bonds. The molecule has 1 aliphatic heterocycles. The molecule has 1 atom stereocenters. The maximum Gasteiger partial charge on any atom is 0.490 e. The number of aliphatic carboxylic acids is 1. The Labute approximate surface area is 212 Å². The second-order valence-electron chi connectivity index (χ2n) is 7.85. The second kappa shape index (κ2) is 11.1. The molecule has 0 aliphatic carbocycles. The van der Waals surface area contributed by atoms with Crippen molar-refractivity contribution in [2.24, 2.45) is 5.73 Å². The third-order valence-electron chi connectivity index (χ3n) is 5.44. The van der Waals surface area contributed by atoms with Crippen molar-refractivity contribution < 1.29 is 36.6 Å². The number of hydrogen-bond donors (Lipinski definition) is 3. The fraction of sp³-hybridized carbons (Fsp3) is 0.261. The highest BCUT2D eigenvalue weighted by Gasteiger charge is 2.38. The third kappa shape index (κ3) is 6.35. The normalized spacial score (nSPS) is 14.9. The van der Waals surface area contributed by atoms with Crippen molar-refractivity contribution in [1.29, 1.82) is 0 Å². The molecule has 2 heterocycles. The van der Waals surface area contributed by atoms with Crippen molar-refractivity contribution in [3.05, 3.63) is 64.9 Å². The molecule has 0 unspecified atom stereocenters. The number of alkyl halides is 3. The van der Waals surface area contributed by atoms with Crippen molar-refractivity contribution >= 4 is 35.0 Å². The highest BCUT2D eigenvalue weighted by atomic mass is 35.5. The lowest BCUT2D eigenvalue weighted by atomic mass is 10.1. The number of halogens is 6. The number of carbonyl (C=O) groups excluding carboxylic acids is 1. The number of amides is 1. The topological polar surface area (TPSA) is 113 Å². The van der Waals surface area contributed by atoms with Crippen LogP contribution in [0.5, 0.6) is 0 Å². The zero-order valence-corrected chi connectivity index (χ0v) is 19.9. The van der Waals surface area contributed by atoms with Crippen molar-refractivity contribution in [3.8, 4) is 11.3 Å². The minimum absolute atomic E-state index is 0.0270. The number of hydrogen-bond acceptors (Lipinski definition) is 5. The number of benzene rings is 2. The van der Waals surface area contributed by atoms with Gasteiger partial charge in [-0.15, -0.1) is 0 Å². The number of carbonyl (C=O) groups is 2. The molecule has 0 fully saturated rings. The average Bonchev–Trinajstić information content (AvgIpc) is 3.20. The summed E-state index contributed by atoms with van der Waals surface area (Å²) < 4.78 is 61.1. The molecule has 4 N–H and O–H groups in total. The van der Waals surface area contributed by atoms with Crippen molar-refractivity contribution in [2.75, 3.05) is 18.4 Å². The van der Waals surface area contributed by atoms with Gasteiger partial charge in [0.15, 0.2) is 0 Å². The highest BCUT2D eigenvalue weighted by molar-refractivity contribution is 6.30. The van der Waals surface area contributed by atoms with Crippen LogP contribution in [0.4, 0.5) is 33.5 Å². The largest absolute Gasteiger partial charge is 0.490 e. The van der Waals surface area contributed by atoms with Gasteiger partial charge in [0.05, 0.1) is 17.6 Å². The van der Waals surface area contributed by atoms with Gasteiger partial charge in [0.1, 0.15) is 29.0 Å². The summed E-state index contributed by atoms with van der Waals surface area (Å²) >= 11 is 5.79. The SMILES string of the molecule is C[C@H]1c2nc(-c3ccc(F)cc3)c(Nc3ccc(Cl)c(F)c3)n2CCN1C(=O)CN.O=C(O)C(F)(F)F. The van der Waals surface area contributed by atoms with Crippen LogP contribution < -0.4 is 11.1 Å². The first-order valence-electron chi connectivity index (χ1n) is 10.7. The van der Waals surface area contributed by atoms with Gasteiger partial charge >= 0.3 is 12.1 Å². The van der Waals surface area contributed by atoms with E-state index in [0.29, 0.717) is 41.7 Å². The summed E-state index contributed by atoms with van der Waals surface area (Å²) in [7, 11) is 0. The van der Waals surface area contributed by atoms with E-state index in [1.165, 1.54) is 24.3 Å². The molecule has 0 saturated heterocycles. The number of nitrogens with one attached hydrogen (secondary N) is 1. The predicted octanol–water partition coefficient (Wildman–Crippen LogP) is 4.72. The fourth-order valence-electron chi connectivity index (χ4n) is 3.66. The maximum absolute atomic E-state index is 14.0. The summed E-state index contributed by atoms with van der Waals surface area (Å²) in [6.07, 6.45) is -5.08. The standard InChI is InChI=1S/C21H20ClF2N5O.C2HF3O2/c1-12-20-27-19(13-2-4-14(23)5-3-13)21(26-15-6-7-16(22)17(24)10-15)29(20)9-8-28(12)18(30)11-25;3-2(4,5)1(6)7/h2-7,10,12,26H,8-9,11,25H2,1H3;(H,6,7)/t12-;/m0./s1. The van der Waals surface area contributed by atoms with Crippen LogP contribution >= 0.6 is 11.6 Å². The van der Waals surface area contributed by atoms with E-state index >= 15 is 0 Å². The molecular weight excluding hydrogens is 525 g/mol. The van der Waals surface area contributed by atoms with E-state index in [1.54, 1.807) is 23.1 Å².